The van der Waals surface area contributed by atoms with Crippen LogP contribution in [0.2, 0.25) is 0 Å². The zero-order valence-electron chi connectivity index (χ0n) is 9.88. The first kappa shape index (κ1) is 13.2. The Labute approximate surface area is 99.8 Å². The van der Waals surface area contributed by atoms with Crippen LogP contribution in [0.1, 0.15) is 12.0 Å². The van der Waals surface area contributed by atoms with E-state index in [4.69, 9.17) is 10.8 Å². The van der Waals surface area contributed by atoms with Crippen molar-refractivity contribution in [3.8, 4) is 0 Å². The molecule has 0 aliphatic heterocycles. The number of aryl methyl sites for hydroxylation is 1. The zero-order valence-corrected chi connectivity index (χ0v) is 9.88. The molecule has 5 heteroatoms. The SMILES string of the molecule is Cc1ccc(N(C)C(=O)CC(N)C(=O)O)cc1. The van der Waals surface area contributed by atoms with Crippen molar-refractivity contribution in [2.24, 2.45) is 5.73 Å². The van der Waals surface area contributed by atoms with Gasteiger partial charge >= 0.3 is 5.97 Å². The minimum atomic E-state index is -1.17. The van der Waals surface area contributed by atoms with Crippen LogP contribution in [0.25, 0.3) is 0 Å². The van der Waals surface area contributed by atoms with Crippen LogP contribution in [0.15, 0.2) is 24.3 Å². The molecule has 0 radical (unpaired) electrons. The molecule has 1 unspecified atom stereocenters. The fourth-order valence-corrected chi connectivity index (χ4v) is 1.32. The predicted molar refractivity (Wildman–Crippen MR) is 64.8 cm³/mol. The van der Waals surface area contributed by atoms with E-state index in [2.05, 4.69) is 0 Å². The number of nitrogens with two attached hydrogens (primary N) is 1. The second-order valence-electron chi connectivity index (χ2n) is 3.94. The third-order valence-corrected chi connectivity index (χ3v) is 2.51. The molecular weight excluding hydrogens is 220 g/mol. The Kier molecular flexibility index (Phi) is 4.23. The second kappa shape index (κ2) is 5.45. The van der Waals surface area contributed by atoms with E-state index >= 15 is 0 Å². The van der Waals surface area contributed by atoms with Crippen LogP contribution in [0.4, 0.5) is 5.69 Å². The average molecular weight is 236 g/mol. The first-order valence-corrected chi connectivity index (χ1v) is 5.23. The Bertz CT molecular complexity index is 414. The molecule has 0 spiro atoms. The fourth-order valence-electron chi connectivity index (χ4n) is 1.32. The molecule has 0 heterocycles. The molecule has 0 fully saturated rings. The number of hydrogen-bond acceptors (Lipinski definition) is 3. The van der Waals surface area contributed by atoms with Gasteiger partial charge in [0.05, 0.1) is 6.42 Å². The maximum atomic E-state index is 11.7. The minimum Gasteiger partial charge on any atom is -0.480 e. The Balaban J connectivity index is 2.70. The van der Waals surface area contributed by atoms with Crippen LogP contribution in [-0.4, -0.2) is 30.1 Å². The summed E-state index contributed by atoms with van der Waals surface area (Å²) in [6.07, 6.45) is -0.209. The van der Waals surface area contributed by atoms with Gasteiger partial charge in [0.15, 0.2) is 0 Å². The molecule has 0 saturated heterocycles. The van der Waals surface area contributed by atoms with Crippen LogP contribution < -0.4 is 10.6 Å². The van der Waals surface area contributed by atoms with Crippen LogP contribution in [0, 0.1) is 6.92 Å². The summed E-state index contributed by atoms with van der Waals surface area (Å²) >= 11 is 0. The summed E-state index contributed by atoms with van der Waals surface area (Å²) in [7, 11) is 1.60. The van der Waals surface area contributed by atoms with Crippen molar-refractivity contribution in [2.75, 3.05) is 11.9 Å². The first-order valence-electron chi connectivity index (χ1n) is 5.23. The molecule has 0 aliphatic rings. The molecule has 0 saturated carbocycles. The van der Waals surface area contributed by atoms with Gasteiger partial charge in [-0.2, -0.15) is 0 Å². The van der Waals surface area contributed by atoms with Gasteiger partial charge in [-0.15, -0.1) is 0 Å². The first-order chi connectivity index (χ1) is 7.91. The molecule has 1 amide bonds. The Morgan fingerprint density at radius 3 is 2.35 bits per heavy atom. The van der Waals surface area contributed by atoms with Crippen LogP contribution in [0.3, 0.4) is 0 Å². The highest BCUT2D eigenvalue weighted by molar-refractivity contribution is 5.95. The summed E-state index contributed by atoms with van der Waals surface area (Å²) < 4.78 is 0. The van der Waals surface area contributed by atoms with Crippen molar-refractivity contribution < 1.29 is 14.7 Å². The molecule has 0 aromatic heterocycles. The molecule has 1 aromatic carbocycles. The summed E-state index contributed by atoms with van der Waals surface area (Å²) in [4.78, 5) is 23.7. The van der Waals surface area contributed by atoms with E-state index in [1.807, 2.05) is 19.1 Å². The lowest BCUT2D eigenvalue weighted by molar-refractivity contribution is -0.140. The number of carboxylic acids is 1. The zero-order chi connectivity index (χ0) is 13.0. The van der Waals surface area contributed by atoms with Crippen molar-refractivity contribution in [2.45, 2.75) is 19.4 Å². The average Bonchev–Trinajstić information content (AvgIpc) is 2.28. The summed E-state index contributed by atoms with van der Waals surface area (Å²) in [5.41, 5.74) is 7.13. The molecule has 5 nitrogen and oxygen atoms in total. The van der Waals surface area contributed by atoms with Crippen LogP contribution in [-0.2, 0) is 9.59 Å². The number of hydrogen-bond donors (Lipinski definition) is 2. The fraction of sp³-hybridized carbons (Fsp3) is 0.333. The molecule has 0 bridgehead atoms. The van der Waals surface area contributed by atoms with E-state index in [9.17, 15) is 9.59 Å². The van der Waals surface area contributed by atoms with E-state index in [1.54, 1.807) is 19.2 Å². The van der Waals surface area contributed by atoms with Gasteiger partial charge in [-0.1, -0.05) is 17.7 Å². The van der Waals surface area contributed by atoms with Crippen molar-refractivity contribution in [3.63, 3.8) is 0 Å². The molecule has 0 aliphatic carbocycles. The van der Waals surface area contributed by atoms with Gasteiger partial charge in [-0.25, -0.2) is 0 Å². The number of carboxylic acid groups (broad SMARTS) is 1. The number of rotatable bonds is 4. The van der Waals surface area contributed by atoms with Gasteiger partial charge in [-0.3, -0.25) is 9.59 Å². The number of nitrogens with zero attached hydrogens (tertiary/aromatic N) is 1. The molecule has 1 aromatic rings. The quantitative estimate of drug-likeness (QED) is 0.808. The maximum Gasteiger partial charge on any atom is 0.321 e. The van der Waals surface area contributed by atoms with Crippen LogP contribution in [0.5, 0.6) is 0 Å². The van der Waals surface area contributed by atoms with Gasteiger partial charge < -0.3 is 15.7 Å². The van der Waals surface area contributed by atoms with Gasteiger partial charge in [-0.05, 0) is 19.1 Å². The monoisotopic (exact) mass is 236 g/mol. The predicted octanol–water partition coefficient (Wildman–Crippen LogP) is 0.760. The van der Waals surface area contributed by atoms with Gasteiger partial charge in [0, 0.05) is 12.7 Å². The third-order valence-electron chi connectivity index (χ3n) is 2.51. The van der Waals surface area contributed by atoms with E-state index in [0.29, 0.717) is 0 Å². The number of carbonyl (C=O) groups is 2. The maximum absolute atomic E-state index is 11.7. The summed E-state index contributed by atoms with van der Waals surface area (Å²) in [5, 5.41) is 8.62. The van der Waals surface area contributed by atoms with Crippen molar-refractivity contribution in [1.82, 2.24) is 0 Å². The molecule has 1 rings (SSSR count). The minimum absolute atomic E-state index is 0.209. The van der Waals surface area contributed by atoms with E-state index in [0.717, 1.165) is 11.3 Å². The van der Waals surface area contributed by atoms with Crippen molar-refractivity contribution in [1.29, 1.82) is 0 Å². The number of benzene rings is 1. The third kappa shape index (κ3) is 3.57. The standard InChI is InChI=1S/C12H16N2O3/c1-8-3-5-9(6-4-8)14(2)11(15)7-10(13)12(16)17/h3-6,10H,7,13H2,1-2H3,(H,16,17). The molecular formula is C12H16N2O3. The Morgan fingerprint density at radius 2 is 1.88 bits per heavy atom. The highest BCUT2D eigenvalue weighted by Crippen LogP contribution is 2.14. The molecule has 17 heavy (non-hydrogen) atoms. The smallest absolute Gasteiger partial charge is 0.321 e. The second-order valence-corrected chi connectivity index (χ2v) is 3.94. The topological polar surface area (TPSA) is 83.6 Å². The Hall–Kier alpha value is -1.88. The van der Waals surface area contributed by atoms with E-state index < -0.39 is 12.0 Å². The Morgan fingerprint density at radius 1 is 1.35 bits per heavy atom. The number of carbonyl (C=O) groups excluding carboxylic acids is 1. The molecule has 92 valence electrons. The van der Waals surface area contributed by atoms with E-state index in [-0.39, 0.29) is 12.3 Å². The summed E-state index contributed by atoms with van der Waals surface area (Å²) in [6, 6.07) is 6.22. The lowest BCUT2D eigenvalue weighted by Crippen LogP contribution is -2.37. The summed E-state index contributed by atoms with van der Waals surface area (Å²) in [5.74, 6) is -1.49. The van der Waals surface area contributed by atoms with Crippen molar-refractivity contribution >= 4 is 17.6 Å². The number of anilines is 1. The van der Waals surface area contributed by atoms with Crippen LogP contribution >= 0.6 is 0 Å². The molecule has 1 atom stereocenters. The number of amides is 1. The van der Waals surface area contributed by atoms with E-state index in [1.165, 1.54) is 4.90 Å². The van der Waals surface area contributed by atoms with Gasteiger partial charge in [0.1, 0.15) is 6.04 Å². The largest absolute Gasteiger partial charge is 0.480 e. The molecule has 3 N–H and O–H groups in total. The van der Waals surface area contributed by atoms with Gasteiger partial charge in [0.25, 0.3) is 0 Å². The summed E-state index contributed by atoms with van der Waals surface area (Å²) in [6.45, 7) is 1.95. The lowest BCUT2D eigenvalue weighted by atomic mass is 10.2. The van der Waals surface area contributed by atoms with Crippen molar-refractivity contribution in [3.05, 3.63) is 29.8 Å². The lowest BCUT2D eigenvalue weighted by Gasteiger charge is -2.18. The highest BCUT2D eigenvalue weighted by Gasteiger charge is 2.19. The highest BCUT2D eigenvalue weighted by atomic mass is 16.4. The van der Waals surface area contributed by atoms with Gasteiger partial charge in [0.2, 0.25) is 5.91 Å². The number of aliphatic carboxylic acids is 1. The normalized spacial score (nSPS) is 11.9.